The molecule has 3 aromatic rings. The van der Waals surface area contributed by atoms with Crippen molar-refractivity contribution in [1.82, 2.24) is 19.7 Å². The SMILES string of the molecule is COc1ccccc1-c1nc(CSc2nncn2C)cs1. The Morgan fingerprint density at radius 1 is 1.33 bits per heavy atom. The normalized spacial score (nSPS) is 10.8. The van der Waals surface area contributed by atoms with Crippen LogP contribution in [0.2, 0.25) is 0 Å². The summed E-state index contributed by atoms with van der Waals surface area (Å²) in [5, 5.41) is 11.9. The van der Waals surface area contributed by atoms with Gasteiger partial charge < -0.3 is 9.30 Å². The third kappa shape index (κ3) is 3.08. The Morgan fingerprint density at radius 2 is 2.19 bits per heavy atom. The molecule has 0 saturated heterocycles. The Hall–Kier alpha value is -1.86. The van der Waals surface area contributed by atoms with E-state index in [9.17, 15) is 0 Å². The van der Waals surface area contributed by atoms with Crippen LogP contribution in [0.3, 0.4) is 0 Å². The van der Waals surface area contributed by atoms with Crippen LogP contribution in [-0.2, 0) is 12.8 Å². The molecule has 3 rings (SSSR count). The van der Waals surface area contributed by atoms with Crippen molar-refractivity contribution in [3.05, 3.63) is 41.7 Å². The first-order valence-corrected chi connectivity index (χ1v) is 8.19. The summed E-state index contributed by atoms with van der Waals surface area (Å²) < 4.78 is 7.28. The van der Waals surface area contributed by atoms with E-state index in [1.807, 2.05) is 35.9 Å². The number of thiazole rings is 1. The number of para-hydroxylation sites is 1. The molecule has 2 heterocycles. The molecule has 0 aliphatic heterocycles. The molecule has 21 heavy (non-hydrogen) atoms. The maximum atomic E-state index is 5.38. The fourth-order valence-electron chi connectivity index (χ4n) is 1.86. The Kier molecular flexibility index (Phi) is 4.21. The number of nitrogens with zero attached hydrogens (tertiary/aromatic N) is 4. The van der Waals surface area contributed by atoms with Gasteiger partial charge in [-0.2, -0.15) is 0 Å². The smallest absolute Gasteiger partial charge is 0.191 e. The number of aromatic nitrogens is 4. The van der Waals surface area contributed by atoms with Crippen molar-refractivity contribution in [3.63, 3.8) is 0 Å². The third-order valence-corrected chi connectivity index (χ3v) is 4.90. The van der Waals surface area contributed by atoms with Gasteiger partial charge >= 0.3 is 0 Å². The fraction of sp³-hybridized carbons (Fsp3) is 0.214. The Morgan fingerprint density at radius 3 is 2.95 bits per heavy atom. The van der Waals surface area contributed by atoms with Gasteiger partial charge in [0.15, 0.2) is 5.16 Å². The Labute approximate surface area is 131 Å². The van der Waals surface area contributed by atoms with Gasteiger partial charge in [0.05, 0.1) is 18.4 Å². The van der Waals surface area contributed by atoms with Crippen LogP contribution < -0.4 is 4.74 Å². The van der Waals surface area contributed by atoms with Crippen LogP contribution in [0.4, 0.5) is 0 Å². The maximum absolute atomic E-state index is 5.38. The van der Waals surface area contributed by atoms with Gasteiger partial charge in [0.1, 0.15) is 17.1 Å². The molecule has 0 fully saturated rings. The van der Waals surface area contributed by atoms with E-state index in [1.54, 1.807) is 36.5 Å². The molecular formula is C14H14N4OS2. The molecule has 0 spiro atoms. The summed E-state index contributed by atoms with van der Waals surface area (Å²) in [5.74, 6) is 1.62. The third-order valence-electron chi connectivity index (χ3n) is 2.91. The van der Waals surface area contributed by atoms with Gasteiger partial charge in [-0.3, -0.25) is 0 Å². The lowest BCUT2D eigenvalue weighted by molar-refractivity contribution is 0.416. The molecule has 0 aliphatic rings. The minimum Gasteiger partial charge on any atom is -0.496 e. The molecule has 0 N–H and O–H groups in total. The zero-order valence-corrected chi connectivity index (χ0v) is 13.3. The molecule has 0 atom stereocenters. The summed E-state index contributed by atoms with van der Waals surface area (Å²) in [6.07, 6.45) is 1.70. The van der Waals surface area contributed by atoms with Gasteiger partial charge in [-0.05, 0) is 12.1 Å². The molecule has 0 bridgehead atoms. The van der Waals surface area contributed by atoms with Gasteiger partial charge in [-0.15, -0.1) is 21.5 Å². The van der Waals surface area contributed by atoms with Crippen molar-refractivity contribution in [3.8, 4) is 16.3 Å². The fourth-order valence-corrected chi connectivity index (χ4v) is 3.60. The largest absolute Gasteiger partial charge is 0.496 e. The number of benzene rings is 1. The van der Waals surface area contributed by atoms with Crippen molar-refractivity contribution in [2.45, 2.75) is 10.9 Å². The van der Waals surface area contributed by atoms with Crippen LogP contribution in [0.25, 0.3) is 10.6 Å². The second-order valence-electron chi connectivity index (χ2n) is 4.36. The highest BCUT2D eigenvalue weighted by atomic mass is 32.2. The summed E-state index contributed by atoms with van der Waals surface area (Å²) >= 11 is 3.25. The summed E-state index contributed by atoms with van der Waals surface area (Å²) in [7, 11) is 3.61. The van der Waals surface area contributed by atoms with E-state index in [0.717, 1.165) is 32.9 Å². The number of hydrogen-bond donors (Lipinski definition) is 0. The summed E-state index contributed by atoms with van der Waals surface area (Å²) in [6, 6.07) is 7.93. The lowest BCUT2D eigenvalue weighted by atomic mass is 10.2. The van der Waals surface area contributed by atoms with E-state index < -0.39 is 0 Å². The number of thioether (sulfide) groups is 1. The molecule has 5 nitrogen and oxygen atoms in total. The summed E-state index contributed by atoms with van der Waals surface area (Å²) in [6.45, 7) is 0. The van der Waals surface area contributed by atoms with Crippen molar-refractivity contribution < 1.29 is 4.74 Å². The van der Waals surface area contributed by atoms with Gasteiger partial charge in [0, 0.05) is 18.2 Å². The molecule has 0 aliphatic carbocycles. The lowest BCUT2D eigenvalue weighted by Gasteiger charge is -2.04. The predicted octanol–water partition coefficient (Wildman–Crippen LogP) is 3.24. The first-order chi connectivity index (χ1) is 10.3. The van der Waals surface area contributed by atoms with E-state index in [4.69, 9.17) is 4.74 Å². The van der Waals surface area contributed by atoms with Crippen molar-refractivity contribution in [2.24, 2.45) is 7.05 Å². The Balaban J connectivity index is 1.76. The van der Waals surface area contributed by atoms with E-state index in [-0.39, 0.29) is 0 Å². The Bertz CT molecular complexity index is 738. The van der Waals surface area contributed by atoms with E-state index >= 15 is 0 Å². The van der Waals surface area contributed by atoms with Crippen LogP contribution in [0.15, 0.2) is 41.1 Å². The molecular weight excluding hydrogens is 304 g/mol. The standard InChI is InChI=1S/C14H14N4OS2/c1-18-9-15-17-14(18)21-8-10-7-20-13(16-10)11-5-3-4-6-12(11)19-2/h3-7,9H,8H2,1-2H3. The molecule has 108 valence electrons. The predicted molar refractivity (Wildman–Crippen MR) is 84.7 cm³/mol. The highest BCUT2D eigenvalue weighted by Crippen LogP contribution is 2.33. The number of ether oxygens (including phenoxy) is 1. The number of rotatable bonds is 5. The van der Waals surface area contributed by atoms with Gasteiger partial charge in [-0.25, -0.2) is 4.98 Å². The molecule has 0 radical (unpaired) electrons. The average molecular weight is 318 g/mol. The maximum Gasteiger partial charge on any atom is 0.191 e. The molecule has 7 heteroatoms. The zero-order valence-electron chi connectivity index (χ0n) is 11.7. The summed E-state index contributed by atoms with van der Waals surface area (Å²) in [4.78, 5) is 4.68. The number of hydrogen-bond acceptors (Lipinski definition) is 6. The second-order valence-corrected chi connectivity index (χ2v) is 6.16. The van der Waals surface area contributed by atoms with Crippen LogP contribution >= 0.6 is 23.1 Å². The number of aryl methyl sites for hydroxylation is 1. The highest BCUT2D eigenvalue weighted by Gasteiger charge is 2.10. The zero-order chi connectivity index (χ0) is 14.7. The molecule has 0 amide bonds. The van der Waals surface area contributed by atoms with Crippen LogP contribution in [0, 0.1) is 0 Å². The van der Waals surface area contributed by atoms with Crippen LogP contribution in [0.5, 0.6) is 5.75 Å². The van der Waals surface area contributed by atoms with Gasteiger partial charge in [0.2, 0.25) is 0 Å². The van der Waals surface area contributed by atoms with Crippen LogP contribution in [-0.4, -0.2) is 26.9 Å². The summed E-state index contributed by atoms with van der Waals surface area (Å²) in [5.41, 5.74) is 2.06. The number of methoxy groups -OCH3 is 1. The van der Waals surface area contributed by atoms with Crippen molar-refractivity contribution in [1.29, 1.82) is 0 Å². The van der Waals surface area contributed by atoms with E-state index in [1.165, 1.54) is 0 Å². The molecule has 0 unspecified atom stereocenters. The van der Waals surface area contributed by atoms with E-state index in [0.29, 0.717) is 0 Å². The van der Waals surface area contributed by atoms with Gasteiger partial charge in [-0.1, -0.05) is 23.9 Å². The first-order valence-electron chi connectivity index (χ1n) is 6.32. The second kappa shape index (κ2) is 6.28. The first kappa shape index (κ1) is 14.1. The quantitative estimate of drug-likeness (QED) is 0.676. The van der Waals surface area contributed by atoms with Crippen molar-refractivity contribution >= 4 is 23.1 Å². The monoisotopic (exact) mass is 318 g/mol. The molecule has 0 saturated carbocycles. The molecule has 1 aromatic carbocycles. The van der Waals surface area contributed by atoms with E-state index in [2.05, 4.69) is 20.6 Å². The minimum absolute atomic E-state index is 0.776. The molecule has 2 aromatic heterocycles. The minimum atomic E-state index is 0.776. The van der Waals surface area contributed by atoms with Crippen molar-refractivity contribution in [2.75, 3.05) is 7.11 Å². The lowest BCUT2D eigenvalue weighted by Crippen LogP contribution is -1.90. The highest BCUT2D eigenvalue weighted by molar-refractivity contribution is 7.98. The topological polar surface area (TPSA) is 52.8 Å². The van der Waals surface area contributed by atoms with Gasteiger partial charge in [0.25, 0.3) is 0 Å². The average Bonchev–Trinajstić information content (AvgIpc) is 3.14. The van der Waals surface area contributed by atoms with Crippen LogP contribution in [0.1, 0.15) is 5.69 Å².